The molecule has 1 aromatic carbocycles. The van der Waals surface area contributed by atoms with Gasteiger partial charge in [-0.3, -0.25) is 9.59 Å². The maximum Gasteiger partial charge on any atom is 0.308 e. The topological polar surface area (TPSA) is 95.1 Å². The minimum atomic E-state index is -0.836. The van der Waals surface area contributed by atoms with E-state index in [1.54, 1.807) is 24.5 Å². The fourth-order valence-electron chi connectivity index (χ4n) is 2.76. The third-order valence-corrected chi connectivity index (χ3v) is 3.83. The quantitative estimate of drug-likeness (QED) is 0.790. The van der Waals surface area contributed by atoms with Gasteiger partial charge in [-0.05, 0) is 31.0 Å². The molecule has 6 heteroatoms. The summed E-state index contributed by atoms with van der Waals surface area (Å²) >= 11 is 0. The van der Waals surface area contributed by atoms with Crippen LogP contribution in [0.3, 0.4) is 0 Å². The first-order valence-electron chi connectivity index (χ1n) is 6.62. The van der Waals surface area contributed by atoms with Crippen molar-refractivity contribution in [3.8, 4) is 0 Å². The Hall–Kier alpha value is -2.37. The zero-order chi connectivity index (χ0) is 14.1. The summed E-state index contributed by atoms with van der Waals surface area (Å²) in [6.45, 7) is 0. The first-order chi connectivity index (χ1) is 9.65. The maximum absolute atomic E-state index is 12.2. The Bertz CT molecular complexity index is 664. The summed E-state index contributed by atoms with van der Waals surface area (Å²) in [5, 5.41) is 11.9. The van der Waals surface area contributed by atoms with Crippen molar-refractivity contribution in [3.05, 3.63) is 30.1 Å². The summed E-state index contributed by atoms with van der Waals surface area (Å²) in [6, 6.07) is 4.91. The van der Waals surface area contributed by atoms with Gasteiger partial charge in [-0.25, -0.2) is 4.98 Å². The van der Waals surface area contributed by atoms with Crippen molar-refractivity contribution < 1.29 is 14.7 Å². The van der Waals surface area contributed by atoms with Gasteiger partial charge in [0, 0.05) is 11.6 Å². The van der Waals surface area contributed by atoms with Crippen molar-refractivity contribution in [1.29, 1.82) is 0 Å². The molecule has 1 aromatic heterocycles. The van der Waals surface area contributed by atoms with Crippen LogP contribution in [0.5, 0.6) is 0 Å². The Morgan fingerprint density at radius 3 is 3.00 bits per heavy atom. The molecule has 3 rings (SSSR count). The highest BCUT2D eigenvalue weighted by Crippen LogP contribution is 2.26. The second-order valence-electron chi connectivity index (χ2n) is 5.09. The van der Waals surface area contributed by atoms with E-state index in [1.165, 1.54) is 0 Å². The number of aromatic nitrogens is 2. The maximum atomic E-state index is 12.2. The predicted molar refractivity (Wildman–Crippen MR) is 72.3 cm³/mol. The normalized spacial score (nSPS) is 22.0. The molecule has 0 spiro atoms. The number of fused-ring (bicyclic) bond motifs is 1. The van der Waals surface area contributed by atoms with Gasteiger partial charge in [-0.1, -0.05) is 6.42 Å². The molecule has 2 atom stereocenters. The highest BCUT2D eigenvalue weighted by molar-refractivity contribution is 5.97. The molecular formula is C14H15N3O3. The molecule has 0 bridgehead atoms. The molecule has 20 heavy (non-hydrogen) atoms. The molecule has 104 valence electrons. The van der Waals surface area contributed by atoms with E-state index in [1.807, 2.05) is 0 Å². The lowest BCUT2D eigenvalue weighted by atomic mass is 10.0. The molecule has 6 nitrogen and oxygen atoms in total. The Morgan fingerprint density at radius 1 is 1.35 bits per heavy atom. The van der Waals surface area contributed by atoms with Crippen LogP contribution in [-0.4, -0.2) is 33.0 Å². The number of rotatable bonds is 3. The molecule has 1 aliphatic rings. The van der Waals surface area contributed by atoms with Gasteiger partial charge < -0.3 is 15.4 Å². The Balaban J connectivity index is 1.77. The number of carboxylic acid groups (broad SMARTS) is 1. The molecule has 0 saturated heterocycles. The standard InChI is InChI=1S/C14H15N3O3/c18-13(17-10-3-1-2-9(10)14(19)20)8-4-5-11-12(6-8)16-7-15-11/h4-7,9-10H,1-3H2,(H,15,16)(H,17,18)(H,19,20). The summed E-state index contributed by atoms with van der Waals surface area (Å²) in [5.41, 5.74) is 2.10. The minimum absolute atomic E-state index is 0.236. The summed E-state index contributed by atoms with van der Waals surface area (Å²) in [4.78, 5) is 30.3. The van der Waals surface area contributed by atoms with Crippen molar-refractivity contribution >= 4 is 22.9 Å². The number of carboxylic acids is 1. The number of aromatic amines is 1. The number of nitrogens with zero attached hydrogens (tertiary/aromatic N) is 1. The van der Waals surface area contributed by atoms with Crippen LogP contribution in [0.4, 0.5) is 0 Å². The molecule has 0 aliphatic heterocycles. The third-order valence-electron chi connectivity index (χ3n) is 3.83. The second kappa shape index (κ2) is 4.96. The van der Waals surface area contributed by atoms with Crippen LogP contribution in [0.1, 0.15) is 29.6 Å². The third kappa shape index (κ3) is 2.24. The molecular weight excluding hydrogens is 258 g/mol. The van der Waals surface area contributed by atoms with Crippen LogP contribution in [0, 0.1) is 5.92 Å². The van der Waals surface area contributed by atoms with Crippen molar-refractivity contribution in [3.63, 3.8) is 0 Å². The van der Waals surface area contributed by atoms with Gasteiger partial charge in [-0.2, -0.15) is 0 Å². The van der Waals surface area contributed by atoms with E-state index < -0.39 is 11.9 Å². The molecule has 3 N–H and O–H groups in total. The summed E-state index contributed by atoms with van der Waals surface area (Å²) in [5.74, 6) is -1.55. The molecule has 2 unspecified atom stereocenters. The molecule has 1 saturated carbocycles. The lowest BCUT2D eigenvalue weighted by Crippen LogP contribution is -2.40. The summed E-state index contributed by atoms with van der Waals surface area (Å²) in [7, 11) is 0. The lowest BCUT2D eigenvalue weighted by Gasteiger charge is -2.17. The molecule has 1 amide bonds. The van der Waals surface area contributed by atoms with Crippen LogP contribution in [0.25, 0.3) is 11.0 Å². The van der Waals surface area contributed by atoms with Crippen molar-refractivity contribution in [1.82, 2.24) is 15.3 Å². The monoisotopic (exact) mass is 273 g/mol. The first kappa shape index (κ1) is 12.7. The molecule has 1 fully saturated rings. The van der Waals surface area contributed by atoms with Gasteiger partial charge in [0.05, 0.1) is 23.3 Å². The zero-order valence-electron chi connectivity index (χ0n) is 10.8. The predicted octanol–water partition coefficient (Wildman–Crippen LogP) is 1.55. The number of carbonyl (C=O) groups excluding carboxylic acids is 1. The van der Waals surface area contributed by atoms with Crippen molar-refractivity contribution in [2.45, 2.75) is 25.3 Å². The number of nitrogens with one attached hydrogen (secondary N) is 2. The SMILES string of the molecule is O=C(NC1CCCC1C(=O)O)c1ccc2nc[nH]c2c1. The van der Waals surface area contributed by atoms with Crippen LogP contribution < -0.4 is 5.32 Å². The Labute approximate surface area is 115 Å². The average molecular weight is 273 g/mol. The fraction of sp³-hybridized carbons (Fsp3) is 0.357. The number of benzene rings is 1. The van der Waals surface area contributed by atoms with Gasteiger partial charge in [0.15, 0.2) is 0 Å². The van der Waals surface area contributed by atoms with Crippen LogP contribution in [-0.2, 0) is 4.79 Å². The molecule has 2 aromatic rings. The van der Waals surface area contributed by atoms with E-state index in [0.717, 1.165) is 23.9 Å². The van der Waals surface area contributed by atoms with E-state index in [0.29, 0.717) is 12.0 Å². The van der Waals surface area contributed by atoms with E-state index in [-0.39, 0.29) is 11.9 Å². The van der Waals surface area contributed by atoms with Gasteiger partial charge in [0.1, 0.15) is 0 Å². The van der Waals surface area contributed by atoms with Gasteiger partial charge in [0.25, 0.3) is 5.91 Å². The van der Waals surface area contributed by atoms with E-state index >= 15 is 0 Å². The zero-order valence-corrected chi connectivity index (χ0v) is 10.8. The second-order valence-corrected chi connectivity index (χ2v) is 5.09. The lowest BCUT2D eigenvalue weighted by molar-refractivity contribution is -0.142. The molecule has 1 aliphatic carbocycles. The van der Waals surface area contributed by atoms with E-state index in [2.05, 4.69) is 15.3 Å². The van der Waals surface area contributed by atoms with Gasteiger partial charge in [0.2, 0.25) is 0 Å². The number of H-pyrrole nitrogens is 1. The van der Waals surface area contributed by atoms with Crippen LogP contribution >= 0.6 is 0 Å². The van der Waals surface area contributed by atoms with E-state index in [9.17, 15) is 9.59 Å². The van der Waals surface area contributed by atoms with Crippen molar-refractivity contribution in [2.24, 2.45) is 5.92 Å². The average Bonchev–Trinajstić information content (AvgIpc) is 3.05. The number of amides is 1. The van der Waals surface area contributed by atoms with Crippen LogP contribution in [0.2, 0.25) is 0 Å². The Kier molecular flexibility index (Phi) is 3.14. The molecule has 0 radical (unpaired) electrons. The fourth-order valence-corrected chi connectivity index (χ4v) is 2.76. The van der Waals surface area contributed by atoms with E-state index in [4.69, 9.17) is 5.11 Å². The number of hydrogen-bond acceptors (Lipinski definition) is 3. The number of hydrogen-bond donors (Lipinski definition) is 3. The number of aliphatic carboxylic acids is 1. The van der Waals surface area contributed by atoms with Gasteiger partial charge >= 0.3 is 5.97 Å². The number of imidazole rings is 1. The van der Waals surface area contributed by atoms with Crippen LogP contribution in [0.15, 0.2) is 24.5 Å². The highest BCUT2D eigenvalue weighted by atomic mass is 16.4. The van der Waals surface area contributed by atoms with Gasteiger partial charge in [-0.15, -0.1) is 0 Å². The minimum Gasteiger partial charge on any atom is -0.481 e. The Morgan fingerprint density at radius 2 is 2.20 bits per heavy atom. The van der Waals surface area contributed by atoms with Crippen molar-refractivity contribution in [2.75, 3.05) is 0 Å². The smallest absolute Gasteiger partial charge is 0.308 e. The highest BCUT2D eigenvalue weighted by Gasteiger charge is 2.33. The number of carbonyl (C=O) groups is 2. The summed E-state index contributed by atoms with van der Waals surface area (Å²) in [6.07, 6.45) is 3.75. The largest absolute Gasteiger partial charge is 0.481 e. The first-order valence-corrected chi connectivity index (χ1v) is 6.62. The summed E-state index contributed by atoms with van der Waals surface area (Å²) < 4.78 is 0. The molecule has 1 heterocycles.